The first kappa shape index (κ1) is 12.4. The van der Waals surface area contributed by atoms with Crippen LogP contribution in [0.5, 0.6) is 0 Å². The van der Waals surface area contributed by atoms with Gasteiger partial charge in [-0.3, -0.25) is 0 Å². The van der Waals surface area contributed by atoms with E-state index >= 15 is 0 Å². The number of nitrogens with zero attached hydrogens (tertiary/aromatic N) is 2. The largest absolute Gasteiger partial charge is 0.334 e. The molecule has 0 amide bonds. The maximum Gasteiger partial charge on any atom is 0.257 e. The maximum atomic E-state index is 5.39. The molecule has 1 unspecified atom stereocenters. The minimum Gasteiger partial charge on any atom is -0.334 e. The summed E-state index contributed by atoms with van der Waals surface area (Å²) in [7, 11) is 0. The summed E-state index contributed by atoms with van der Waals surface area (Å²) in [6.45, 7) is 4.20. The van der Waals surface area contributed by atoms with Crippen LogP contribution in [0.1, 0.15) is 37.1 Å². The van der Waals surface area contributed by atoms with E-state index in [4.69, 9.17) is 4.52 Å². The fourth-order valence-corrected chi connectivity index (χ4v) is 2.47. The summed E-state index contributed by atoms with van der Waals surface area (Å²) in [6, 6.07) is 8.33. The second-order valence-corrected chi connectivity index (χ2v) is 5.05. The molecule has 1 fully saturated rings. The highest BCUT2D eigenvalue weighted by Crippen LogP contribution is 2.24. The average Bonchev–Trinajstić information content (AvgIpc) is 2.98. The molecule has 100 valence electrons. The van der Waals surface area contributed by atoms with Crippen LogP contribution in [0, 0.1) is 0 Å². The molecule has 1 aromatic carbocycles. The molecule has 2 aromatic rings. The van der Waals surface area contributed by atoms with Crippen molar-refractivity contribution in [1.29, 1.82) is 0 Å². The number of hydrogen-bond acceptors (Lipinski definition) is 4. The summed E-state index contributed by atoms with van der Waals surface area (Å²) in [5, 5.41) is 7.51. The van der Waals surface area contributed by atoms with E-state index in [0.717, 1.165) is 37.3 Å². The summed E-state index contributed by atoms with van der Waals surface area (Å²) in [5.41, 5.74) is 2.32. The van der Waals surface area contributed by atoms with Gasteiger partial charge in [-0.05, 0) is 43.5 Å². The van der Waals surface area contributed by atoms with E-state index < -0.39 is 0 Å². The lowest BCUT2D eigenvalue weighted by molar-refractivity contribution is 0.393. The second-order valence-electron chi connectivity index (χ2n) is 5.05. The molecule has 0 aliphatic carbocycles. The number of piperidine rings is 1. The highest BCUT2D eigenvalue weighted by molar-refractivity contribution is 5.53. The van der Waals surface area contributed by atoms with Crippen molar-refractivity contribution in [2.75, 3.05) is 13.1 Å². The van der Waals surface area contributed by atoms with Crippen LogP contribution in [-0.2, 0) is 6.42 Å². The Morgan fingerprint density at radius 2 is 2.16 bits per heavy atom. The SMILES string of the molecule is CCc1ccc(-c2nc(C3CCCNC3)no2)cc1. The number of hydrogen-bond donors (Lipinski definition) is 1. The third kappa shape index (κ3) is 2.68. The van der Waals surface area contributed by atoms with E-state index in [2.05, 4.69) is 46.6 Å². The molecule has 19 heavy (non-hydrogen) atoms. The second kappa shape index (κ2) is 5.53. The number of benzene rings is 1. The van der Waals surface area contributed by atoms with Crippen LogP contribution >= 0.6 is 0 Å². The Hall–Kier alpha value is -1.68. The maximum absolute atomic E-state index is 5.39. The third-order valence-electron chi connectivity index (χ3n) is 3.71. The van der Waals surface area contributed by atoms with E-state index in [1.807, 2.05) is 0 Å². The molecule has 1 aliphatic heterocycles. The van der Waals surface area contributed by atoms with E-state index in [9.17, 15) is 0 Å². The molecule has 0 saturated carbocycles. The summed E-state index contributed by atoms with van der Waals surface area (Å²) in [4.78, 5) is 4.54. The zero-order chi connectivity index (χ0) is 13.1. The monoisotopic (exact) mass is 257 g/mol. The van der Waals surface area contributed by atoms with E-state index in [1.54, 1.807) is 0 Å². The van der Waals surface area contributed by atoms with Gasteiger partial charge in [-0.15, -0.1) is 0 Å². The summed E-state index contributed by atoms with van der Waals surface area (Å²) >= 11 is 0. The topological polar surface area (TPSA) is 51.0 Å². The molecule has 1 atom stereocenters. The predicted molar refractivity (Wildman–Crippen MR) is 74.0 cm³/mol. The predicted octanol–water partition coefficient (Wildman–Crippen LogP) is 2.77. The molecule has 0 spiro atoms. The molecule has 0 radical (unpaired) electrons. The first-order valence-corrected chi connectivity index (χ1v) is 7.00. The van der Waals surface area contributed by atoms with Crippen molar-refractivity contribution in [3.8, 4) is 11.5 Å². The van der Waals surface area contributed by atoms with E-state index in [0.29, 0.717) is 11.8 Å². The van der Waals surface area contributed by atoms with Crippen molar-refractivity contribution in [2.24, 2.45) is 0 Å². The van der Waals surface area contributed by atoms with Gasteiger partial charge < -0.3 is 9.84 Å². The van der Waals surface area contributed by atoms with Gasteiger partial charge in [0.2, 0.25) is 0 Å². The van der Waals surface area contributed by atoms with E-state index in [1.165, 1.54) is 12.0 Å². The molecule has 3 rings (SSSR count). The highest BCUT2D eigenvalue weighted by Gasteiger charge is 2.21. The zero-order valence-electron chi connectivity index (χ0n) is 11.2. The van der Waals surface area contributed by atoms with Gasteiger partial charge in [-0.1, -0.05) is 24.2 Å². The quantitative estimate of drug-likeness (QED) is 0.918. The molecule has 1 N–H and O–H groups in total. The molecule has 0 bridgehead atoms. The average molecular weight is 257 g/mol. The Kier molecular flexibility index (Phi) is 3.60. The number of aromatic nitrogens is 2. The molecular formula is C15H19N3O. The van der Waals surface area contributed by atoms with Gasteiger partial charge in [-0.2, -0.15) is 4.98 Å². The van der Waals surface area contributed by atoms with Gasteiger partial charge in [0, 0.05) is 18.0 Å². The fourth-order valence-electron chi connectivity index (χ4n) is 2.47. The van der Waals surface area contributed by atoms with Gasteiger partial charge in [0.05, 0.1) is 0 Å². The Balaban J connectivity index is 1.79. The van der Waals surface area contributed by atoms with Gasteiger partial charge in [0.25, 0.3) is 5.89 Å². The molecule has 2 heterocycles. The summed E-state index contributed by atoms with van der Waals surface area (Å²) < 4.78 is 5.39. The van der Waals surface area contributed by atoms with Crippen LogP contribution in [0.2, 0.25) is 0 Å². The van der Waals surface area contributed by atoms with Crippen LogP contribution in [0.3, 0.4) is 0 Å². The van der Waals surface area contributed by atoms with Crippen LogP contribution in [0.4, 0.5) is 0 Å². The number of rotatable bonds is 3. The number of aryl methyl sites for hydroxylation is 1. The molecule has 1 saturated heterocycles. The molecule has 4 nitrogen and oxygen atoms in total. The highest BCUT2D eigenvalue weighted by atomic mass is 16.5. The molecule has 4 heteroatoms. The molecule has 1 aromatic heterocycles. The van der Waals surface area contributed by atoms with Crippen molar-refractivity contribution >= 4 is 0 Å². The van der Waals surface area contributed by atoms with Crippen molar-refractivity contribution < 1.29 is 4.52 Å². The van der Waals surface area contributed by atoms with Crippen molar-refractivity contribution in [3.05, 3.63) is 35.7 Å². The van der Waals surface area contributed by atoms with Crippen LogP contribution in [-0.4, -0.2) is 23.2 Å². The third-order valence-corrected chi connectivity index (χ3v) is 3.71. The lowest BCUT2D eigenvalue weighted by atomic mass is 9.99. The normalized spacial score (nSPS) is 19.5. The summed E-state index contributed by atoms with van der Waals surface area (Å²) in [6.07, 6.45) is 3.36. The van der Waals surface area contributed by atoms with Gasteiger partial charge in [0.1, 0.15) is 0 Å². The molecule has 1 aliphatic rings. The van der Waals surface area contributed by atoms with Gasteiger partial charge in [-0.25, -0.2) is 0 Å². The van der Waals surface area contributed by atoms with Gasteiger partial charge >= 0.3 is 0 Å². The van der Waals surface area contributed by atoms with E-state index in [-0.39, 0.29) is 0 Å². The van der Waals surface area contributed by atoms with Crippen LogP contribution in [0.25, 0.3) is 11.5 Å². The molecular weight excluding hydrogens is 238 g/mol. The zero-order valence-corrected chi connectivity index (χ0v) is 11.2. The lowest BCUT2D eigenvalue weighted by Crippen LogP contribution is -2.28. The first-order chi connectivity index (χ1) is 9.36. The lowest BCUT2D eigenvalue weighted by Gasteiger charge is -2.19. The van der Waals surface area contributed by atoms with Crippen LogP contribution < -0.4 is 5.32 Å². The van der Waals surface area contributed by atoms with Crippen LogP contribution in [0.15, 0.2) is 28.8 Å². The van der Waals surface area contributed by atoms with Crippen molar-refractivity contribution in [3.63, 3.8) is 0 Å². The minimum atomic E-state index is 0.390. The van der Waals surface area contributed by atoms with Gasteiger partial charge in [0.15, 0.2) is 5.82 Å². The first-order valence-electron chi connectivity index (χ1n) is 7.00. The standard InChI is InChI=1S/C15H19N3O/c1-2-11-5-7-12(8-6-11)15-17-14(18-19-15)13-4-3-9-16-10-13/h5-8,13,16H,2-4,9-10H2,1H3. The van der Waals surface area contributed by atoms with Crippen molar-refractivity contribution in [2.45, 2.75) is 32.1 Å². The summed E-state index contributed by atoms with van der Waals surface area (Å²) in [5.74, 6) is 1.85. The Labute approximate surface area is 113 Å². The minimum absolute atomic E-state index is 0.390. The Morgan fingerprint density at radius 1 is 1.32 bits per heavy atom. The Morgan fingerprint density at radius 3 is 2.84 bits per heavy atom. The smallest absolute Gasteiger partial charge is 0.257 e. The Bertz CT molecular complexity index is 527. The fraction of sp³-hybridized carbons (Fsp3) is 0.467. The number of nitrogens with one attached hydrogen (secondary N) is 1. The van der Waals surface area contributed by atoms with Crippen molar-refractivity contribution in [1.82, 2.24) is 15.5 Å².